The highest BCUT2D eigenvalue weighted by Crippen LogP contribution is 2.35. The number of ether oxygens (including phenoxy) is 2. The fraction of sp³-hybridized carbons (Fsp3) is 0.308. The Labute approximate surface area is 106 Å². The fourth-order valence-electron chi connectivity index (χ4n) is 1.98. The SMILES string of the molecule is COc1ccc(-c2c(N)nn(C)c2C)cc1OC. The zero-order chi connectivity index (χ0) is 13.3. The first-order valence-electron chi connectivity index (χ1n) is 5.60. The molecule has 0 saturated carbocycles. The molecular formula is C13H17N3O2. The Hall–Kier alpha value is -2.17. The molecule has 0 fully saturated rings. The summed E-state index contributed by atoms with van der Waals surface area (Å²) in [7, 11) is 5.10. The normalized spacial score (nSPS) is 10.4. The van der Waals surface area contributed by atoms with E-state index in [-0.39, 0.29) is 0 Å². The molecule has 0 aliphatic heterocycles. The first-order chi connectivity index (χ1) is 8.58. The van der Waals surface area contributed by atoms with Crippen molar-refractivity contribution in [2.24, 2.45) is 7.05 Å². The average molecular weight is 247 g/mol. The van der Waals surface area contributed by atoms with Gasteiger partial charge in [-0.1, -0.05) is 6.07 Å². The highest BCUT2D eigenvalue weighted by molar-refractivity contribution is 5.77. The van der Waals surface area contributed by atoms with Crippen molar-refractivity contribution in [3.63, 3.8) is 0 Å². The van der Waals surface area contributed by atoms with Crippen molar-refractivity contribution in [2.75, 3.05) is 20.0 Å². The van der Waals surface area contributed by atoms with Crippen LogP contribution in [0.25, 0.3) is 11.1 Å². The third-order valence-corrected chi connectivity index (χ3v) is 3.03. The maximum absolute atomic E-state index is 5.93. The van der Waals surface area contributed by atoms with Crippen LogP contribution in [0.15, 0.2) is 18.2 Å². The number of anilines is 1. The van der Waals surface area contributed by atoms with Crippen LogP contribution >= 0.6 is 0 Å². The second-order valence-corrected chi connectivity index (χ2v) is 4.04. The summed E-state index contributed by atoms with van der Waals surface area (Å²) in [6, 6.07) is 5.71. The Bertz CT molecular complexity index is 576. The average Bonchev–Trinajstić information content (AvgIpc) is 2.62. The van der Waals surface area contributed by atoms with E-state index in [4.69, 9.17) is 15.2 Å². The molecule has 0 spiro atoms. The molecule has 18 heavy (non-hydrogen) atoms. The Morgan fingerprint density at radius 3 is 2.33 bits per heavy atom. The number of benzene rings is 1. The maximum atomic E-state index is 5.93. The number of nitrogens with two attached hydrogens (primary N) is 1. The number of hydrogen-bond acceptors (Lipinski definition) is 4. The summed E-state index contributed by atoms with van der Waals surface area (Å²) in [5, 5.41) is 4.21. The summed E-state index contributed by atoms with van der Waals surface area (Å²) in [6.45, 7) is 1.98. The van der Waals surface area contributed by atoms with Gasteiger partial charge in [0, 0.05) is 18.3 Å². The molecule has 0 aliphatic rings. The standard InChI is InChI=1S/C13H17N3O2/c1-8-12(13(14)15-16(8)2)9-5-6-10(17-3)11(7-9)18-4/h5-7H,1-4H3,(H2,14,15). The first-order valence-corrected chi connectivity index (χ1v) is 5.60. The Kier molecular flexibility index (Phi) is 3.14. The second kappa shape index (κ2) is 4.60. The zero-order valence-corrected chi connectivity index (χ0v) is 11.0. The van der Waals surface area contributed by atoms with E-state index in [0.717, 1.165) is 16.8 Å². The molecular weight excluding hydrogens is 230 g/mol. The van der Waals surface area contributed by atoms with E-state index in [0.29, 0.717) is 17.3 Å². The van der Waals surface area contributed by atoms with Gasteiger partial charge in [-0.25, -0.2) is 0 Å². The van der Waals surface area contributed by atoms with Gasteiger partial charge < -0.3 is 15.2 Å². The molecule has 1 aromatic heterocycles. The maximum Gasteiger partial charge on any atom is 0.161 e. The number of rotatable bonds is 3. The van der Waals surface area contributed by atoms with Gasteiger partial charge in [-0.05, 0) is 24.6 Å². The minimum absolute atomic E-state index is 0.516. The van der Waals surface area contributed by atoms with Crippen LogP contribution in [-0.2, 0) is 7.05 Å². The predicted molar refractivity (Wildman–Crippen MR) is 70.9 cm³/mol. The first kappa shape index (κ1) is 12.3. The summed E-state index contributed by atoms with van der Waals surface area (Å²) in [5.41, 5.74) is 8.84. The highest BCUT2D eigenvalue weighted by Gasteiger charge is 2.14. The number of nitrogens with zero attached hydrogens (tertiary/aromatic N) is 2. The second-order valence-electron chi connectivity index (χ2n) is 4.04. The minimum Gasteiger partial charge on any atom is -0.493 e. The molecule has 0 saturated heterocycles. The fourth-order valence-corrected chi connectivity index (χ4v) is 1.98. The molecule has 1 heterocycles. The Morgan fingerprint density at radius 2 is 1.83 bits per heavy atom. The summed E-state index contributed by atoms with van der Waals surface area (Å²) in [5.74, 6) is 1.89. The van der Waals surface area contributed by atoms with Crippen molar-refractivity contribution in [1.29, 1.82) is 0 Å². The molecule has 1 aromatic carbocycles. The molecule has 0 bridgehead atoms. The molecule has 96 valence electrons. The lowest BCUT2D eigenvalue weighted by Gasteiger charge is -2.09. The van der Waals surface area contributed by atoms with E-state index in [1.807, 2.05) is 32.2 Å². The molecule has 0 aliphatic carbocycles. The van der Waals surface area contributed by atoms with E-state index in [9.17, 15) is 0 Å². The van der Waals surface area contributed by atoms with Gasteiger partial charge in [0.1, 0.15) is 0 Å². The van der Waals surface area contributed by atoms with Crippen molar-refractivity contribution in [3.05, 3.63) is 23.9 Å². The Balaban J connectivity index is 2.58. The van der Waals surface area contributed by atoms with Gasteiger partial charge in [0.25, 0.3) is 0 Å². The van der Waals surface area contributed by atoms with E-state index in [1.54, 1.807) is 18.9 Å². The number of aromatic nitrogens is 2. The van der Waals surface area contributed by atoms with E-state index in [2.05, 4.69) is 5.10 Å². The van der Waals surface area contributed by atoms with Crippen LogP contribution < -0.4 is 15.2 Å². The molecule has 2 rings (SSSR count). The highest BCUT2D eigenvalue weighted by atomic mass is 16.5. The van der Waals surface area contributed by atoms with Gasteiger partial charge in [0.05, 0.1) is 14.2 Å². The lowest BCUT2D eigenvalue weighted by Crippen LogP contribution is -1.93. The van der Waals surface area contributed by atoms with Crippen LogP contribution in [0.4, 0.5) is 5.82 Å². The summed E-state index contributed by atoms with van der Waals surface area (Å²) >= 11 is 0. The molecule has 0 unspecified atom stereocenters. The lowest BCUT2D eigenvalue weighted by atomic mass is 10.1. The predicted octanol–water partition coefficient (Wildman–Crippen LogP) is 1.99. The van der Waals surface area contributed by atoms with Crippen molar-refractivity contribution >= 4 is 5.82 Å². The third kappa shape index (κ3) is 1.88. The third-order valence-electron chi connectivity index (χ3n) is 3.03. The van der Waals surface area contributed by atoms with E-state index in [1.165, 1.54) is 0 Å². The van der Waals surface area contributed by atoms with Crippen molar-refractivity contribution in [3.8, 4) is 22.6 Å². The van der Waals surface area contributed by atoms with Gasteiger partial charge in [-0.15, -0.1) is 0 Å². The van der Waals surface area contributed by atoms with Crippen molar-refractivity contribution in [1.82, 2.24) is 9.78 Å². The number of nitrogen functional groups attached to an aromatic ring is 1. The largest absolute Gasteiger partial charge is 0.493 e. The molecule has 2 aromatic rings. The quantitative estimate of drug-likeness (QED) is 0.901. The van der Waals surface area contributed by atoms with Gasteiger partial charge >= 0.3 is 0 Å². The van der Waals surface area contributed by atoms with Crippen LogP contribution in [0.5, 0.6) is 11.5 Å². The van der Waals surface area contributed by atoms with Gasteiger partial charge in [0.15, 0.2) is 17.3 Å². The van der Waals surface area contributed by atoms with Crippen LogP contribution in [0.2, 0.25) is 0 Å². The zero-order valence-electron chi connectivity index (χ0n) is 11.0. The van der Waals surface area contributed by atoms with Crippen LogP contribution in [-0.4, -0.2) is 24.0 Å². The van der Waals surface area contributed by atoms with Gasteiger partial charge in [-0.3, -0.25) is 4.68 Å². The molecule has 0 atom stereocenters. The van der Waals surface area contributed by atoms with E-state index >= 15 is 0 Å². The van der Waals surface area contributed by atoms with Crippen LogP contribution in [0.1, 0.15) is 5.69 Å². The topological polar surface area (TPSA) is 62.3 Å². The number of aryl methyl sites for hydroxylation is 1. The van der Waals surface area contributed by atoms with E-state index < -0.39 is 0 Å². The van der Waals surface area contributed by atoms with Crippen molar-refractivity contribution in [2.45, 2.75) is 6.92 Å². The smallest absolute Gasteiger partial charge is 0.161 e. The summed E-state index contributed by atoms with van der Waals surface area (Å²) < 4.78 is 12.3. The lowest BCUT2D eigenvalue weighted by molar-refractivity contribution is 0.355. The molecule has 5 heteroatoms. The monoisotopic (exact) mass is 247 g/mol. The minimum atomic E-state index is 0.516. The van der Waals surface area contributed by atoms with Crippen LogP contribution in [0, 0.1) is 6.92 Å². The molecule has 5 nitrogen and oxygen atoms in total. The molecule has 2 N–H and O–H groups in total. The molecule has 0 radical (unpaired) electrons. The summed E-state index contributed by atoms with van der Waals surface area (Å²) in [4.78, 5) is 0. The van der Waals surface area contributed by atoms with Crippen LogP contribution in [0.3, 0.4) is 0 Å². The van der Waals surface area contributed by atoms with Gasteiger partial charge in [0.2, 0.25) is 0 Å². The van der Waals surface area contributed by atoms with Gasteiger partial charge in [-0.2, -0.15) is 5.10 Å². The molecule has 0 amide bonds. The summed E-state index contributed by atoms with van der Waals surface area (Å²) in [6.07, 6.45) is 0. The Morgan fingerprint density at radius 1 is 1.17 bits per heavy atom. The van der Waals surface area contributed by atoms with Crippen molar-refractivity contribution < 1.29 is 9.47 Å². The number of hydrogen-bond donors (Lipinski definition) is 1. The number of methoxy groups -OCH3 is 2.